The maximum atomic E-state index is 12.1. The number of hydrogen-bond acceptors (Lipinski definition) is 3. The Morgan fingerprint density at radius 3 is 2.95 bits per heavy atom. The number of benzene rings is 1. The molecule has 1 aliphatic rings. The molecule has 0 aliphatic carbocycles. The van der Waals surface area contributed by atoms with E-state index in [1.807, 2.05) is 25.1 Å². The van der Waals surface area contributed by atoms with E-state index in [9.17, 15) is 4.79 Å². The molecule has 0 spiro atoms. The highest BCUT2D eigenvalue weighted by Gasteiger charge is 2.15. The predicted molar refractivity (Wildman–Crippen MR) is 80.2 cm³/mol. The Morgan fingerprint density at radius 2 is 2.26 bits per heavy atom. The fourth-order valence-electron chi connectivity index (χ4n) is 1.90. The maximum absolute atomic E-state index is 12.1. The van der Waals surface area contributed by atoms with Crippen LogP contribution in [-0.4, -0.2) is 19.1 Å². The molecule has 4 nitrogen and oxygen atoms in total. The third kappa shape index (κ3) is 3.73. The lowest BCUT2D eigenvalue weighted by molar-refractivity contribution is -0.113. The zero-order valence-corrected chi connectivity index (χ0v) is 12.4. The van der Waals surface area contributed by atoms with Crippen LogP contribution in [0.15, 0.2) is 34.5 Å². The molecule has 1 heterocycles. The smallest absolute Gasteiger partial charge is 0.254 e. The number of ether oxygens (including phenoxy) is 1. The molecule has 1 aromatic rings. The molecule has 2 N–H and O–H groups in total. The number of halogens is 1. The van der Waals surface area contributed by atoms with Crippen molar-refractivity contribution in [3.63, 3.8) is 0 Å². The van der Waals surface area contributed by atoms with Crippen molar-refractivity contribution in [3.05, 3.63) is 34.5 Å². The van der Waals surface area contributed by atoms with Crippen molar-refractivity contribution in [1.82, 2.24) is 0 Å². The summed E-state index contributed by atoms with van der Waals surface area (Å²) in [6, 6.07) is 5.77. The van der Waals surface area contributed by atoms with Crippen LogP contribution in [0.25, 0.3) is 0 Å². The molecule has 0 atom stereocenters. The minimum absolute atomic E-state index is 0.100. The van der Waals surface area contributed by atoms with E-state index in [0.29, 0.717) is 12.2 Å². The van der Waals surface area contributed by atoms with Crippen molar-refractivity contribution >= 4 is 33.2 Å². The number of nitrogens with one attached hydrogen (secondary N) is 2. The molecule has 0 bridgehead atoms. The van der Waals surface area contributed by atoms with Crippen LogP contribution in [0.3, 0.4) is 0 Å². The largest absolute Gasteiger partial charge is 0.501 e. The SMILES string of the molecule is CCNc1ccc(Br)cc1NC(=O)C1=COCCC1. The van der Waals surface area contributed by atoms with Crippen LogP contribution in [0.4, 0.5) is 11.4 Å². The third-order valence-corrected chi connectivity index (χ3v) is 3.32. The van der Waals surface area contributed by atoms with Crippen LogP contribution in [0.1, 0.15) is 19.8 Å². The maximum Gasteiger partial charge on any atom is 0.254 e. The van der Waals surface area contributed by atoms with Gasteiger partial charge < -0.3 is 15.4 Å². The van der Waals surface area contributed by atoms with Gasteiger partial charge in [-0.25, -0.2) is 0 Å². The van der Waals surface area contributed by atoms with E-state index in [0.717, 1.165) is 35.2 Å². The van der Waals surface area contributed by atoms with Crippen molar-refractivity contribution < 1.29 is 9.53 Å². The number of amides is 1. The van der Waals surface area contributed by atoms with Gasteiger partial charge in [0.25, 0.3) is 5.91 Å². The predicted octanol–water partition coefficient (Wildman–Crippen LogP) is 3.51. The summed E-state index contributed by atoms with van der Waals surface area (Å²) < 4.78 is 6.12. The van der Waals surface area contributed by atoms with E-state index in [4.69, 9.17) is 4.74 Å². The lowest BCUT2D eigenvalue weighted by atomic mass is 10.1. The lowest BCUT2D eigenvalue weighted by Crippen LogP contribution is -2.18. The van der Waals surface area contributed by atoms with Crippen LogP contribution < -0.4 is 10.6 Å². The van der Waals surface area contributed by atoms with Crippen molar-refractivity contribution in [2.45, 2.75) is 19.8 Å². The highest BCUT2D eigenvalue weighted by Crippen LogP contribution is 2.27. The Hall–Kier alpha value is -1.49. The average Bonchev–Trinajstić information content (AvgIpc) is 2.43. The van der Waals surface area contributed by atoms with E-state index in [2.05, 4.69) is 26.6 Å². The van der Waals surface area contributed by atoms with Gasteiger partial charge in [0, 0.05) is 11.0 Å². The van der Waals surface area contributed by atoms with E-state index in [-0.39, 0.29) is 5.91 Å². The summed E-state index contributed by atoms with van der Waals surface area (Å²) in [5, 5.41) is 6.15. The van der Waals surface area contributed by atoms with Gasteiger partial charge >= 0.3 is 0 Å². The molecule has 0 fully saturated rings. The zero-order chi connectivity index (χ0) is 13.7. The highest BCUT2D eigenvalue weighted by atomic mass is 79.9. The van der Waals surface area contributed by atoms with E-state index in [1.165, 1.54) is 0 Å². The highest BCUT2D eigenvalue weighted by molar-refractivity contribution is 9.10. The Balaban J connectivity index is 2.15. The zero-order valence-electron chi connectivity index (χ0n) is 10.8. The first-order chi connectivity index (χ1) is 9.20. The topological polar surface area (TPSA) is 50.4 Å². The minimum Gasteiger partial charge on any atom is -0.501 e. The fraction of sp³-hybridized carbons (Fsp3) is 0.357. The molecule has 0 aromatic heterocycles. The number of hydrogen-bond donors (Lipinski definition) is 2. The normalized spacial score (nSPS) is 14.3. The summed E-state index contributed by atoms with van der Waals surface area (Å²) >= 11 is 3.41. The summed E-state index contributed by atoms with van der Waals surface area (Å²) in [5.41, 5.74) is 2.37. The second-order valence-corrected chi connectivity index (χ2v) is 5.21. The first-order valence-electron chi connectivity index (χ1n) is 6.36. The third-order valence-electron chi connectivity index (χ3n) is 2.82. The van der Waals surface area contributed by atoms with Gasteiger partial charge in [-0.2, -0.15) is 0 Å². The van der Waals surface area contributed by atoms with Crippen LogP contribution in [0.2, 0.25) is 0 Å². The van der Waals surface area contributed by atoms with E-state index < -0.39 is 0 Å². The van der Waals surface area contributed by atoms with Gasteiger partial charge in [0.15, 0.2) is 0 Å². The quantitative estimate of drug-likeness (QED) is 0.891. The number of carbonyl (C=O) groups excluding carboxylic acids is 1. The van der Waals surface area contributed by atoms with Gasteiger partial charge in [-0.1, -0.05) is 15.9 Å². The van der Waals surface area contributed by atoms with E-state index in [1.54, 1.807) is 6.26 Å². The molecule has 2 rings (SSSR count). The molecule has 1 aliphatic heterocycles. The Morgan fingerprint density at radius 1 is 1.42 bits per heavy atom. The molecular weight excluding hydrogens is 308 g/mol. The summed E-state index contributed by atoms with van der Waals surface area (Å²) in [4.78, 5) is 12.1. The van der Waals surface area contributed by atoms with Crippen molar-refractivity contribution in [3.8, 4) is 0 Å². The Kier molecular flexibility index (Phi) is 4.85. The molecule has 0 radical (unpaired) electrons. The molecule has 0 saturated carbocycles. The summed E-state index contributed by atoms with van der Waals surface area (Å²) in [6.45, 7) is 3.51. The summed E-state index contributed by atoms with van der Waals surface area (Å²) in [5.74, 6) is -0.100. The minimum atomic E-state index is -0.100. The van der Waals surface area contributed by atoms with Gasteiger partial charge in [-0.15, -0.1) is 0 Å². The van der Waals surface area contributed by atoms with E-state index >= 15 is 0 Å². The Labute approximate surface area is 121 Å². The molecule has 0 saturated heterocycles. The second kappa shape index (κ2) is 6.61. The van der Waals surface area contributed by atoms with Gasteiger partial charge in [-0.05, 0) is 38.0 Å². The monoisotopic (exact) mass is 324 g/mol. The Bertz CT molecular complexity index is 500. The second-order valence-electron chi connectivity index (χ2n) is 4.29. The molecule has 5 heteroatoms. The summed E-state index contributed by atoms with van der Waals surface area (Å²) in [7, 11) is 0. The number of carbonyl (C=O) groups is 1. The standard InChI is InChI=1S/C14H17BrN2O2/c1-2-16-12-6-5-11(15)8-13(12)17-14(18)10-4-3-7-19-9-10/h5-6,8-9,16H,2-4,7H2,1H3,(H,17,18). The first-order valence-corrected chi connectivity index (χ1v) is 7.15. The van der Waals surface area contributed by atoms with Crippen LogP contribution in [0.5, 0.6) is 0 Å². The van der Waals surface area contributed by atoms with Gasteiger partial charge in [0.2, 0.25) is 0 Å². The lowest BCUT2D eigenvalue weighted by Gasteiger charge is -2.16. The van der Waals surface area contributed by atoms with Gasteiger partial charge in [-0.3, -0.25) is 4.79 Å². The van der Waals surface area contributed by atoms with Crippen LogP contribution in [0, 0.1) is 0 Å². The number of rotatable bonds is 4. The number of anilines is 2. The average molecular weight is 325 g/mol. The molecule has 19 heavy (non-hydrogen) atoms. The van der Waals surface area contributed by atoms with Crippen molar-refractivity contribution in [1.29, 1.82) is 0 Å². The van der Waals surface area contributed by atoms with Crippen molar-refractivity contribution in [2.24, 2.45) is 0 Å². The molecule has 102 valence electrons. The molecular formula is C14H17BrN2O2. The summed E-state index contributed by atoms with van der Waals surface area (Å²) in [6.07, 6.45) is 3.21. The molecule has 0 unspecified atom stereocenters. The van der Waals surface area contributed by atoms with Crippen molar-refractivity contribution in [2.75, 3.05) is 23.8 Å². The molecule has 1 aromatic carbocycles. The van der Waals surface area contributed by atoms with Crippen LogP contribution >= 0.6 is 15.9 Å². The van der Waals surface area contributed by atoms with Gasteiger partial charge in [0.1, 0.15) is 0 Å². The molecule has 1 amide bonds. The van der Waals surface area contributed by atoms with Gasteiger partial charge in [0.05, 0.1) is 29.8 Å². The first kappa shape index (κ1) is 13.9. The fourth-order valence-corrected chi connectivity index (χ4v) is 2.26. The van der Waals surface area contributed by atoms with Crippen LogP contribution in [-0.2, 0) is 9.53 Å².